The van der Waals surface area contributed by atoms with Gasteiger partial charge in [-0.1, -0.05) is 19.9 Å². The number of nitro groups is 1. The van der Waals surface area contributed by atoms with Crippen LogP contribution in [0.5, 0.6) is 0 Å². The lowest BCUT2D eigenvalue weighted by atomic mass is 10.0. The second-order valence-corrected chi connectivity index (χ2v) is 6.65. The lowest BCUT2D eigenvalue weighted by Crippen LogP contribution is -2.51. The summed E-state index contributed by atoms with van der Waals surface area (Å²) in [4.78, 5) is 39.3. The van der Waals surface area contributed by atoms with Crippen molar-refractivity contribution in [2.24, 2.45) is 5.92 Å². The molecular weight excluding hydrogens is 310 g/mol. The topological polar surface area (TPSA) is 83.8 Å². The number of carbonyl (C=O) groups excluding carboxylic acids is 2. The summed E-state index contributed by atoms with van der Waals surface area (Å²) in [5.74, 6) is -0.137. The van der Waals surface area contributed by atoms with E-state index in [0.717, 1.165) is 6.42 Å². The Morgan fingerprint density at radius 3 is 2.58 bits per heavy atom. The first-order valence-corrected chi connectivity index (χ1v) is 8.29. The Labute approximate surface area is 140 Å². The lowest BCUT2D eigenvalue weighted by Gasteiger charge is -2.33. The highest BCUT2D eigenvalue weighted by Gasteiger charge is 2.40. The Morgan fingerprint density at radius 1 is 1.25 bits per heavy atom. The molecule has 24 heavy (non-hydrogen) atoms. The van der Waals surface area contributed by atoms with Crippen LogP contribution in [0.3, 0.4) is 0 Å². The molecular formula is C17H21N3O4. The normalized spacial score (nSPS) is 18.2. The number of hydrogen-bond acceptors (Lipinski definition) is 4. The first-order chi connectivity index (χ1) is 11.4. The summed E-state index contributed by atoms with van der Waals surface area (Å²) in [6, 6.07) is 4.31. The second kappa shape index (κ2) is 6.22. The number of amides is 2. The van der Waals surface area contributed by atoms with Crippen LogP contribution in [0.1, 0.15) is 32.3 Å². The Bertz CT molecular complexity index is 701. The molecule has 1 saturated heterocycles. The van der Waals surface area contributed by atoms with Gasteiger partial charge in [-0.25, -0.2) is 0 Å². The number of anilines is 1. The van der Waals surface area contributed by atoms with E-state index >= 15 is 0 Å². The Hall–Kier alpha value is -2.44. The van der Waals surface area contributed by atoms with E-state index in [1.807, 2.05) is 13.8 Å². The van der Waals surface area contributed by atoms with Crippen LogP contribution in [0.15, 0.2) is 18.2 Å². The van der Waals surface area contributed by atoms with Crippen LogP contribution in [0, 0.1) is 16.0 Å². The number of rotatable bonds is 4. The molecule has 128 valence electrons. The largest absolute Gasteiger partial charge is 0.330 e. The van der Waals surface area contributed by atoms with E-state index in [2.05, 4.69) is 0 Å². The van der Waals surface area contributed by atoms with Gasteiger partial charge in [-0.05, 0) is 24.8 Å². The molecule has 0 spiro atoms. The summed E-state index contributed by atoms with van der Waals surface area (Å²) in [6.07, 6.45) is 1.73. The number of nitrogens with zero attached hydrogens (tertiary/aromatic N) is 3. The number of benzene rings is 1. The van der Waals surface area contributed by atoms with Gasteiger partial charge in [-0.3, -0.25) is 19.7 Å². The van der Waals surface area contributed by atoms with E-state index in [0.29, 0.717) is 37.2 Å². The third kappa shape index (κ3) is 2.64. The minimum absolute atomic E-state index is 0.0118. The van der Waals surface area contributed by atoms with E-state index in [4.69, 9.17) is 0 Å². The molecule has 0 unspecified atom stereocenters. The smallest absolute Gasteiger partial charge is 0.274 e. The van der Waals surface area contributed by atoms with E-state index < -0.39 is 11.0 Å². The van der Waals surface area contributed by atoms with Gasteiger partial charge >= 0.3 is 0 Å². The van der Waals surface area contributed by atoms with Crippen molar-refractivity contribution in [3.05, 3.63) is 33.9 Å². The Morgan fingerprint density at radius 2 is 2.00 bits per heavy atom. The molecule has 7 heteroatoms. The minimum atomic E-state index is -0.509. The molecule has 0 aromatic heterocycles. The molecule has 0 radical (unpaired) electrons. The number of likely N-dealkylation sites (tertiary alicyclic amines) is 1. The van der Waals surface area contributed by atoms with Crippen molar-refractivity contribution in [2.75, 3.05) is 18.0 Å². The van der Waals surface area contributed by atoms with Crippen molar-refractivity contribution >= 4 is 23.2 Å². The predicted octanol–water partition coefficient (Wildman–Crippen LogP) is 2.13. The van der Waals surface area contributed by atoms with Crippen LogP contribution in [-0.4, -0.2) is 40.8 Å². The molecule has 0 N–H and O–H groups in total. The summed E-state index contributed by atoms with van der Waals surface area (Å²) in [5, 5.41) is 11.2. The fourth-order valence-electron chi connectivity index (χ4n) is 3.72. The molecule has 0 aliphatic carbocycles. The van der Waals surface area contributed by atoms with Crippen molar-refractivity contribution in [1.29, 1.82) is 0 Å². The standard InChI is InChI=1S/C17H21N3O4/c1-11(2)16(19-9-4-7-15(19)21)17(22)18-10-8-12-13(18)5-3-6-14(12)20(23)24/h3,5-6,11,16H,4,7-10H2,1-2H3/t16-/m0/s1. The zero-order chi connectivity index (χ0) is 17.4. The zero-order valence-corrected chi connectivity index (χ0v) is 13.9. The molecule has 0 bridgehead atoms. The van der Waals surface area contributed by atoms with E-state index in [9.17, 15) is 19.7 Å². The maximum absolute atomic E-state index is 13.1. The third-order valence-electron chi connectivity index (χ3n) is 4.80. The van der Waals surface area contributed by atoms with Gasteiger partial charge in [0.1, 0.15) is 6.04 Å². The van der Waals surface area contributed by atoms with Gasteiger partial charge < -0.3 is 9.80 Å². The van der Waals surface area contributed by atoms with Gasteiger partial charge in [0.05, 0.1) is 16.2 Å². The number of carbonyl (C=O) groups is 2. The summed E-state index contributed by atoms with van der Waals surface area (Å²) in [5.41, 5.74) is 1.26. The second-order valence-electron chi connectivity index (χ2n) is 6.65. The van der Waals surface area contributed by atoms with Crippen LogP contribution >= 0.6 is 0 Å². The van der Waals surface area contributed by atoms with Crippen molar-refractivity contribution in [3.8, 4) is 0 Å². The van der Waals surface area contributed by atoms with E-state index in [1.54, 1.807) is 21.9 Å². The van der Waals surface area contributed by atoms with Gasteiger partial charge in [0, 0.05) is 25.6 Å². The van der Waals surface area contributed by atoms with E-state index in [-0.39, 0.29) is 23.4 Å². The molecule has 1 atom stereocenters. The molecule has 3 rings (SSSR count). The summed E-state index contributed by atoms with van der Waals surface area (Å²) in [6.45, 7) is 4.88. The molecule has 1 aromatic rings. The molecule has 1 fully saturated rings. The average Bonchev–Trinajstić information content (AvgIpc) is 3.13. The van der Waals surface area contributed by atoms with Crippen LogP contribution in [-0.2, 0) is 16.0 Å². The number of nitro benzene ring substituents is 1. The molecule has 2 amide bonds. The fourth-order valence-corrected chi connectivity index (χ4v) is 3.72. The molecule has 2 aliphatic heterocycles. The zero-order valence-electron chi connectivity index (χ0n) is 13.9. The van der Waals surface area contributed by atoms with Gasteiger partial charge in [0.25, 0.3) is 5.69 Å². The first kappa shape index (κ1) is 16.4. The molecule has 2 aliphatic rings. The number of fused-ring (bicyclic) bond motifs is 1. The SMILES string of the molecule is CC(C)[C@@H](C(=O)N1CCc2c1cccc2[N+](=O)[O-])N1CCCC1=O. The minimum Gasteiger partial charge on any atom is -0.330 e. The van der Waals surface area contributed by atoms with Gasteiger partial charge in [-0.15, -0.1) is 0 Å². The van der Waals surface area contributed by atoms with Crippen LogP contribution < -0.4 is 4.90 Å². The monoisotopic (exact) mass is 331 g/mol. The highest BCUT2D eigenvalue weighted by molar-refractivity contribution is 6.01. The van der Waals surface area contributed by atoms with Crippen molar-refractivity contribution < 1.29 is 14.5 Å². The fraction of sp³-hybridized carbons (Fsp3) is 0.529. The number of hydrogen-bond donors (Lipinski definition) is 0. The Kier molecular flexibility index (Phi) is 4.26. The Balaban J connectivity index is 1.93. The van der Waals surface area contributed by atoms with Gasteiger partial charge in [-0.2, -0.15) is 0 Å². The summed E-state index contributed by atoms with van der Waals surface area (Å²) >= 11 is 0. The highest BCUT2D eigenvalue weighted by Crippen LogP contribution is 2.36. The lowest BCUT2D eigenvalue weighted by molar-refractivity contribution is -0.385. The van der Waals surface area contributed by atoms with Gasteiger partial charge in [0.2, 0.25) is 11.8 Å². The third-order valence-corrected chi connectivity index (χ3v) is 4.80. The summed E-state index contributed by atoms with van der Waals surface area (Å²) < 4.78 is 0. The first-order valence-electron chi connectivity index (χ1n) is 8.29. The van der Waals surface area contributed by atoms with Crippen LogP contribution in [0.25, 0.3) is 0 Å². The van der Waals surface area contributed by atoms with Gasteiger partial charge in [0.15, 0.2) is 0 Å². The van der Waals surface area contributed by atoms with E-state index in [1.165, 1.54) is 6.07 Å². The van der Waals surface area contributed by atoms with Crippen molar-refractivity contribution in [1.82, 2.24) is 4.90 Å². The highest BCUT2D eigenvalue weighted by atomic mass is 16.6. The maximum atomic E-state index is 13.1. The molecule has 7 nitrogen and oxygen atoms in total. The molecule has 2 heterocycles. The molecule has 0 saturated carbocycles. The quantitative estimate of drug-likeness (QED) is 0.625. The molecule has 1 aromatic carbocycles. The van der Waals surface area contributed by atoms with Crippen molar-refractivity contribution in [2.45, 2.75) is 39.2 Å². The maximum Gasteiger partial charge on any atom is 0.274 e. The average molecular weight is 331 g/mol. The van der Waals surface area contributed by atoms with Crippen molar-refractivity contribution in [3.63, 3.8) is 0 Å². The van der Waals surface area contributed by atoms with Crippen LogP contribution in [0.4, 0.5) is 11.4 Å². The predicted molar refractivity (Wildman–Crippen MR) is 88.7 cm³/mol. The van der Waals surface area contributed by atoms with Crippen LogP contribution in [0.2, 0.25) is 0 Å². The summed E-state index contributed by atoms with van der Waals surface area (Å²) in [7, 11) is 0.